The molecule has 0 aromatic carbocycles. The second-order valence-electron chi connectivity index (χ2n) is 2.23. The predicted molar refractivity (Wildman–Crippen MR) is 48.5 cm³/mol. The summed E-state index contributed by atoms with van der Waals surface area (Å²) in [5.41, 5.74) is 5.59. The van der Waals surface area contributed by atoms with Crippen molar-refractivity contribution in [2.75, 3.05) is 13.2 Å². The van der Waals surface area contributed by atoms with E-state index in [0.29, 0.717) is 18.7 Å². The highest BCUT2D eigenvalue weighted by Crippen LogP contribution is 2.24. The number of rotatable bonds is 3. The molecular formula is C8H8ClN3O. The van der Waals surface area contributed by atoms with Crippen LogP contribution in [-0.4, -0.2) is 18.1 Å². The van der Waals surface area contributed by atoms with E-state index in [0.717, 1.165) is 0 Å². The van der Waals surface area contributed by atoms with Crippen molar-refractivity contribution < 1.29 is 4.74 Å². The fourth-order valence-electron chi connectivity index (χ4n) is 0.767. The molecule has 0 bridgehead atoms. The van der Waals surface area contributed by atoms with E-state index >= 15 is 0 Å². The largest absolute Gasteiger partial charge is 0.475 e. The van der Waals surface area contributed by atoms with Gasteiger partial charge < -0.3 is 10.5 Å². The third-order valence-electron chi connectivity index (χ3n) is 1.33. The van der Waals surface area contributed by atoms with E-state index in [1.807, 2.05) is 6.07 Å². The Labute approximate surface area is 80.9 Å². The zero-order valence-corrected chi connectivity index (χ0v) is 7.58. The van der Waals surface area contributed by atoms with Gasteiger partial charge in [-0.25, -0.2) is 4.98 Å². The van der Waals surface area contributed by atoms with Crippen molar-refractivity contribution in [3.63, 3.8) is 0 Å². The quantitative estimate of drug-likeness (QED) is 0.783. The van der Waals surface area contributed by atoms with Crippen molar-refractivity contribution in [3.05, 3.63) is 22.8 Å². The Kier molecular flexibility index (Phi) is 3.50. The molecule has 0 fully saturated rings. The van der Waals surface area contributed by atoms with Gasteiger partial charge >= 0.3 is 0 Å². The van der Waals surface area contributed by atoms with Crippen molar-refractivity contribution in [1.29, 1.82) is 5.26 Å². The Morgan fingerprint density at radius 1 is 1.69 bits per heavy atom. The topological polar surface area (TPSA) is 71.9 Å². The van der Waals surface area contributed by atoms with Gasteiger partial charge in [0.05, 0.1) is 5.56 Å². The van der Waals surface area contributed by atoms with E-state index < -0.39 is 0 Å². The summed E-state index contributed by atoms with van der Waals surface area (Å²) in [5.74, 6) is 0.256. The molecule has 0 aliphatic rings. The SMILES string of the molecule is N#Cc1ccnc(OCCN)c1Cl. The van der Waals surface area contributed by atoms with Crippen molar-refractivity contribution >= 4 is 11.6 Å². The summed E-state index contributed by atoms with van der Waals surface area (Å²) >= 11 is 5.79. The van der Waals surface area contributed by atoms with Gasteiger partial charge in [0.15, 0.2) is 0 Å². The first kappa shape index (κ1) is 9.78. The van der Waals surface area contributed by atoms with Crippen LogP contribution in [0.25, 0.3) is 0 Å². The molecule has 0 saturated carbocycles. The Hall–Kier alpha value is -1.31. The fourth-order valence-corrected chi connectivity index (χ4v) is 0.976. The molecule has 68 valence electrons. The number of hydrogen-bond donors (Lipinski definition) is 1. The molecule has 0 amide bonds. The minimum atomic E-state index is 0.235. The van der Waals surface area contributed by atoms with Crippen LogP contribution in [0.1, 0.15) is 5.56 Å². The Balaban J connectivity index is 2.90. The van der Waals surface area contributed by atoms with Gasteiger partial charge in [-0.15, -0.1) is 0 Å². The molecule has 5 heteroatoms. The Morgan fingerprint density at radius 3 is 3.08 bits per heavy atom. The van der Waals surface area contributed by atoms with Crippen LogP contribution >= 0.6 is 11.6 Å². The van der Waals surface area contributed by atoms with Crippen LogP contribution in [0.2, 0.25) is 5.02 Å². The molecule has 0 unspecified atom stereocenters. The lowest BCUT2D eigenvalue weighted by molar-refractivity contribution is 0.316. The molecule has 4 nitrogen and oxygen atoms in total. The lowest BCUT2D eigenvalue weighted by Crippen LogP contribution is -2.11. The van der Waals surface area contributed by atoms with Gasteiger partial charge in [-0.2, -0.15) is 5.26 Å². The monoisotopic (exact) mass is 197 g/mol. The van der Waals surface area contributed by atoms with Crippen LogP contribution in [0, 0.1) is 11.3 Å². The zero-order chi connectivity index (χ0) is 9.68. The Bertz CT molecular complexity index is 335. The fraction of sp³-hybridized carbons (Fsp3) is 0.250. The van der Waals surface area contributed by atoms with E-state index in [4.69, 9.17) is 27.3 Å². The van der Waals surface area contributed by atoms with Crippen LogP contribution < -0.4 is 10.5 Å². The van der Waals surface area contributed by atoms with Crippen LogP contribution in [0.4, 0.5) is 0 Å². The number of hydrogen-bond acceptors (Lipinski definition) is 4. The smallest absolute Gasteiger partial charge is 0.233 e. The second kappa shape index (κ2) is 4.65. The van der Waals surface area contributed by atoms with E-state index in [2.05, 4.69) is 4.98 Å². The molecule has 1 aromatic rings. The second-order valence-corrected chi connectivity index (χ2v) is 2.60. The number of nitriles is 1. The van der Waals surface area contributed by atoms with Crippen molar-refractivity contribution in [2.24, 2.45) is 5.73 Å². The van der Waals surface area contributed by atoms with E-state index in [9.17, 15) is 0 Å². The molecular weight excluding hydrogens is 190 g/mol. The Morgan fingerprint density at radius 2 is 2.46 bits per heavy atom. The summed E-state index contributed by atoms with van der Waals surface area (Å²) in [6, 6.07) is 3.45. The van der Waals surface area contributed by atoms with Crippen LogP contribution in [0.5, 0.6) is 5.88 Å². The predicted octanol–water partition coefficient (Wildman–Crippen LogP) is 0.944. The average molecular weight is 198 g/mol. The summed E-state index contributed by atoms with van der Waals surface area (Å²) in [5, 5.41) is 8.86. The lowest BCUT2D eigenvalue weighted by atomic mass is 10.3. The molecule has 0 saturated heterocycles. The number of pyridine rings is 1. The van der Waals surface area contributed by atoms with Crippen LogP contribution in [0.15, 0.2) is 12.3 Å². The highest BCUT2D eigenvalue weighted by Gasteiger charge is 2.07. The molecule has 1 aromatic heterocycles. The maximum atomic E-state index is 8.63. The summed E-state index contributed by atoms with van der Waals surface area (Å²) in [7, 11) is 0. The molecule has 0 aliphatic carbocycles. The maximum Gasteiger partial charge on any atom is 0.233 e. The van der Waals surface area contributed by atoms with Gasteiger partial charge in [-0.05, 0) is 6.07 Å². The number of halogens is 1. The van der Waals surface area contributed by atoms with Crippen molar-refractivity contribution in [3.8, 4) is 11.9 Å². The summed E-state index contributed by atoms with van der Waals surface area (Å²) in [4.78, 5) is 3.86. The first-order chi connectivity index (χ1) is 6.29. The number of aromatic nitrogens is 1. The number of nitrogens with two attached hydrogens (primary N) is 1. The third kappa shape index (κ3) is 2.31. The molecule has 0 radical (unpaired) electrons. The minimum Gasteiger partial charge on any atom is -0.475 e. The van der Waals surface area contributed by atoms with Gasteiger partial charge in [0.1, 0.15) is 17.7 Å². The first-order valence-electron chi connectivity index (χ1n) is 3.67. The molecule has 0 atom stereocenters. The van der Waals surface area contributed by atoms with Crippen LogP contribution in [-0.2, 0) is 0 Å². The third-order valence-corrected chi connectivity index (χ3v) is 1.70. The van der Waals surface area contributed by atoms with Crippen LogP contribution in [0.3, 0.4) is 0 Å². The average Bonchev–Trinajstić information content (AvgIpc) is 2.16. The number of ether oxygens (including phenoxy) is 1. The van der Waals surface area contributed by atoms with Gasteiger partial charge in [0.2, 0.25) is 5.88 Å². The molecule has 2 N–H and O–H groups in total. The summed E-state index contributed by atoms with van der Waals surface area (Å²) in [6.07, 6.45) is 1.47. The van der Waals surface area contributed by atoms with Crippen molar-refractivity contribution in [2.45, 2.75) is 0 Å². The molecule has 1 rings (SSSR count). The summed E-state index contributed by atoms with van der Waals surface area (Å²) < 4.78 is 5.11. The van der Waals surface area contributed by atoms with E-state index in [1.165, 1.54) is 12.3 Å². The standard InChI is InChI=1S/C8H8ClN3O/c9-7-6(5-11)1-3-12-8(7)13-4-2-10/h1,3H,2,4,10H2. The van der Waals surface area contributed by atoms with E-state index in [-0.39, 0.29) is 10.9 Å². The molecule has 0 spiro atoms. The molecule has 13 heavy (non-hydrogen) atoms. The minimum absolute atomic E-state index is 0.235. The van der Waals surface area contributed by atoms with Crippen molar-refractivity contribution in [1.82, 2.24) is 4.98 Å². The van der Waals surface area contributed by atoms with Gasteiger partial charge in [0, 0.05) is 12.7 Å². The van der Waals surface area contributed by atoms with E-state index in [1.54, 1.807) is 0 Å². The number of nitrogens with zero attached hydrogens (tertiary/aromatic N) is 2. The molecule has 1 heterocycles. The summed E-state index contributed by atoms with van der Waals surface area (Å²) in [6.45, 7) is 0.719. The normalized spacial score (nSPS) is 9.31. The lowest BCUT2D eigenvalue weighted by Gasteiger charge is -2.04. The van der Waals surface area contributed by atoms with Gasteiger partial charge in [0.25, 0.3) is 0 Å². The van der Waals surface area contributed by atoms with Gasteiger partial charge in [-0.3, -0.25) is 0 Å². The highest BCUT2D eigenvalue weighted by atomic mass is 35.5. The molecule has 0 aliphatic heterocycles. The zero-order valence-electron chi connectivity index (χ0n) is 6.83. The highest BCUT2D eigenvalue weighted by molar-refractivity contribution is 6.32. The first-order valence-corrected chi connectivity index (χ1v) is 4.05. The maximum absolute atomic E-state index is 8.63. The van der Waals surface area contributed by atoms with Gasteiger partial charge in [-0.1, -0.05) is 11.6 Å².